The minimum absolute atomic E-state index is 0. The number of carbonyl (C=O) groups is 2. The standard InChI is InChI=1S/C10H19N3O2.ClH/c1-3-6-13(7-9(14)11-2)10(15)8-4-5-12-8;/h8,12H,3-7H2,1-2H3,(H,11,14);1H/t8-;/m1./s1. The molecule has 0 aromatic rings. The van der Waals surface area contributed by atoms with Gasteiger partial charge < -0.3 is 15.5 Å². The maximum Gasteiger partial charge on any atom is 0.240 e. The molecule has 1 aliphatic rings. The van der Waals surface area contributed by atoms with Gasteiger partial charge in [-0.1, -0.05) is 6.92 Å². The summed E-state index contributed by atoms with van der Waals surface area (Å²) in [4.78, 5) is 24.7. The van der Waals surface area contributed by atoms with Crippen LogP contribution in [0.1, 0.15) is 19.8 Å². The van der Waals surface area contributed by atoms with Crippen molar-refractivity contribution < 1.29 is 9.59 Å². The van der Waals surface area contributed by atoms with Crippen molar-refractivity contribution in [3.8, 4) is 0 Å². The number of hydrogen-bond donors (Lipinski definition) is 2. The van der Waals surface area contributed by atoms with E-state index >= 15 is 0 Å². The number of halogens is 1. The zero-order valence-electron chi connectivity index (χ0n) is 9.78. The highest BCUT2D eigenvalue weighted by atomic mass is 35.5. The molecule has 16 heavy (non-hydrogen) atoms. The Morgan fingerprint density at radius 3 is 2.50 bits per heavy atom. The second-order valence-electron chi connectivity index (χ2n) is 3.73. The topological polar surface area (TPSA) is 61.4 Å². The lowest BCUT2D eigenvalue weighted by Crippen LogP contribution is -2.55. The third kappa shape index (κ3) is 3.98. The van der Waals surface area contributed by atoms with Crippen LogP contribution in [-0.4, -0.2) is 49.4 Å². The molecule has 2 N–H and O–H groups in total. The molecule has 1 rings (SSSR count). The molecule has 0 saturated carbocycles. The second-order valence-corrected chi connectivity index (χ2v) is 3.73. The van der Waals surface area contributed by atoms with Crippen LogP contribution in [0, 0.1) is 0 Å². The Hall–Kier alpha value is -0.810. The molecule has 1 aliphatic heterocycles. The zero-order valence-corrected chi connectivity index (χ0v) is 10.6. The number of rotatable bonds is 5. The van der Waals surface area contributed by atoms with E-state index in [1.807, 2.05) is 6.92 Å². The first-order chi connectivity index (χ1) is 7.19. The van der Waals surface area contributed by atoms with Gasteiger partial charge in [0.2, 0.25) is 11.8 Å². The highest BCUT2D eigenvalue weighted by Crippen LogP contribution is 2.07. The Morgan fingerprint density at radius 2 is 2.12 bits per heavy atom. The van der Waals surface area contributed by atoms with E-state index in [1.54, 1.807) is 11.9 Å². The quantitative estimate of drug-likeness (QED) is 0.707. The summed E-state index contributed by atoms with van der Waals surface area (Å²) in [5.41, 5.74) is 0. The minimum Gasteiger partial charge on any atom is -0.358 e. The Morgan fingerprint density at radius 1 is 1.50 bits per heavy atom. The molecule has 0 spiro atoms. The summed E-state index contributed by atoms with van der Waals surface area (Å²) in [5.74, 6) is -0.0668. The van der Waals surface area contributed by atoms with E-state index in [0.29, 0.717) is 6.54 Å². The van der Waals surface area contributed by atoms with Crippen molar-refractivity contribution in [1.29, 1.82) is 0 Å². The van der Waals surface area contributed by atoms with Gasteiger partial charge in [-0.25, -0.2) is 0 Å². The first kappa shape index (κ1) is 15.2. The van der Waals surface area contributed by atoms with E-state index in [4.69, 9.17) is 0 Å². The number of amides is 2. The maximum absolute atomic E-state index is 11.9. The fraction of sp³-hybridized carbons (Fsp3) is 0.800. The molecule has 6 heteroatoms. The van der Waals surface area contributed by atoms with Crippen LogP contribution in [0.3, 0.4) is 0 Å². The predicted octanol–water partition coefficient (Wildman–Crippen LogP) is -0.245. The minimum atomic E-state index is -0.115. The monoisotopic (exact) mass is 249 g/mol. The molecule has 94 valence electrons. The van der Waals surface area contributed by atoms with Gasteiger partial charge >= 0.3 is 0 Å². The van der Waals surface area contributed by atoms with Gasteiger partial charge in [0.15, 0.2) is 0 Å². The second kappa shape index (κ2) is 7.46. The Balaban J connectivity index is 0.00000225. The van der Waals surface area contributed by atoms with Crippen LogP contribution >= 0.6 is 12.4 Å². The Kier molecular flexibility index (Phi) is 7.08. The molecule has 1 saturated heterocycles. The van der Waals surface area contributed by atoms with Gasteiger partial charge in [0, 0.05) is 13.6 Å². The number of nitrogens with one attached hydrogen (secondary N) is 2. The lowest BCUT2D eigenvalue weighted by atomic mass is 10.1. The van der Waals surface area contributed by atoms with E-state index in [9.17, 15) is 9.59 Å². The number of hydrogen-bond acceptors (Lipinski definition) is 3. The molecule has 1 fully saturated rings. The van der Waals surface area contributed by atoms with Crippen molar-refractivity contribution in [2.45, 2.75) is 25.8 Å². The zero-order chi connectivity index (χ0) is 11.3. The summed E-state index contributed by atoms with van der Waals surface area (Å²) < 4.78 is 0. The van der Waals surface area contributed by atoms with Gasteiger partial charge in [-0.15, -0.1) is 12.4 Å². The third-order valence-electron chi connectivity index (χ3n) is 2.54. The summed E-state index contributed by atoms with van der Waals surface area (Å²) in [7, 11) is 1.58. The van der Waals surface area contributed by atoms with Crippen molar-refractivity contribution >= 4 is 24.2 Å². The van der Waals surface area contributed by atoms with Gasteiger partial charge in [-0.05, 0) is 19.4 Å². The smallest absolute Gasteiger partial charge is 0.240 e. The fourth-order valence-electron chi connectivity index (χ4n) is 1.51. The molecule has 1 atom stereocenters. The Bertz CT molecular complexity index is 244. The van der Waals surface area contributed by atoms with Crippen molar-refractivity contribution in [2.24, 2.45) is 0 Å². The van der Waals surface area contributed by atoms with E-state index in [2.05, 4.69) is 10.6 Å². The van der Waals surface area contributed by atoms with Gasteiger partial charge in [-0.2, -0.15) is 0 Å². The Labute approximate surface area is 102 Å². The van der Waals surface area contributed by atoms with Crippen LogP contribution in [0.5, 0.6) is 0 Å². The van der Waals surface area contributed by atoms with E-state index < -0.39 is 0 Å². The normalized spacial score (nSPS) is 18.0. The van der Waals surface area contributed by atoms with Crippen LogP contribution in [-0.2, 0) is 9.59 Å². The van der Waals surface area contributed by atoms with E-state index in [1.165, 1.54) is 0 Å². The molecule has 0 bridgehead atoms. The first-order valence-corrected chi connectivity index (χ1v) is 5.41. The van der Waals surface area contributed by atoms with Crippen molar-refractivity contribution in [1.82, 2.24) is 15.5 Å². The summed E-state index contributed by atoms with van der Waals surface area (Å²) in [6.45, 7) is 3.71. The molecule has 0 radical (unpaired) electrons. The summed E-state index contributed by atoms with van der Waals surface area (Å²) >= 11 is 0. The first-order valence-electron chi connectivity index (χ1n) is 5.41. The molecular formula is C10H20ClN3O2. The molecule has 0 aromatic heterocycles. The van der Waals surface area contributed by atoms with Crippen LogP contribution in [0.15, 0.2) is 0 Å². The van der Waals surface area contributed by atoms with Crippen LogP contribution < -0.4 is 10.6 Å². The molecule has 1 heterocycles. The summed E-state index contributed by atoms with van der Waals surface area (Å²) in [6, 6.07) is -0.0683. The maximum atomic E-state index is 11.9. The molecule has 5 nitrogen and oxygen atoms in total. The lowest BCUT2D eigenvalue weighted by molar-refractivity contribution is -0.139. The average molecular weight is 250 g/mol. The van der Waals surface area contributed by atoms with Gasteiger partial charge in [-0.3, -0.25) is 9.59 Å². The van der Waals surface area contributed by atoms with Crippen LogP contribution in [0.25, 0.3) is 0 Å². The van der Waals surface area contributed by atoms with Crippen LogP contribution in [0.4, 0.5) is 0 Å². The highest BCUT2D eigenvalue weighted by Gasteiger charge is 2.29. The average Bonchev–Trinajstić information content (AvgIpc) is 2.14. The molecular weight excluding hydrogens is 230 g/mol. The lowest BCUT2D eigenvalue weighted by Gasteiger charge is -2.32. The third-order valence-corrected chi connectivity index (χ3v) is 2.54. The molecule has 0 aliphatic carbocycles. The highest BCUT2D eigenvalue weighted by molar-refractivity contribution is 5.87. The molecule has 2 amide bonds. The van der Waals surface area contributed by atoms with Gasteiger partial charge in [0.05, 0.1) is 12.6 Å². The molecule has 0 aromatic carbocycles. The largest absolute Gasteiger partial charge is 0.358 e. The fourth-order valence-corrected chi connectivity index (χ4v) is 1.51. The van der Waals surface area contributed by atoms with E-state index in [0.717, 1.165) is 19.4 Å². The number of carbonyl (C=O) groups excluding carboxylic acids is 2. The SMILES string of the molecule is CCCN(CC(=O)NC)C(=O)[C@H]1CCN1.Cl. The predicted molar refractivity (Wildman–Crippen MR) is 64.6 cm³/mol. The van der Waals surface area contributed by atoms with Crippen LogP contribution in [0.2, 0.25) is 0 Å². The van der Waals surface area contributed by atoms with E-state index in [-0.39, 0.29) is 36.8 Å². The number of likely N-dealkylation sites (N-methyl/N-ethyl adjacent to an activating group) is 1. The molecule has 0 unspecified atom stereocenters. The number of nitrogens with zero attached hydrogens (tertiary/aromatic N) is 1. The summed E-state index contributed by atoms with van der Waals surface area (Å²) in [5, 5.41) is 5.58. The van der Waals surface area contributed by atoms with Gasteiger partial charge in [0.25, 0.3) is 0 Å². The summed E-state index contributed by atoms with van der Waals surface area (Å²) in [6.07, 6.45) is 1.75. The van der Waals surface area contributed by atoms with Crippen molar-refractivity contribution in [3.63, 3.8) is 0 Å². The van der Waals surface area contributed by atoms with Crippen molar-refractivity contribution in [2.75, 3.05) is 26.7 Å². The van der Waals surface area contributed by atoms with Crippen molar-refractivity contribution in [3.05, 3.63) is 0 Å². The van der Waals surface area contributed by atoms with Gasteiger partial charge in [0.1, 0.15) is 0 Å².